The zero-order chi connectivity index (χ0) is 17.3. The minimum Gasteiger partial charge on any atom is -0.459 e. The van der Waals surface area contributed by atoms with Gasteiger partial charge in [-0.15, -0.1) is 0 Å². The number of rotatable bonds is 3. The van der Waals surface area contributed by atoms with Gasteiger partial charge in [-0.1, -0.05) is 28.1 Å². The monoisotopic (exact) mass is 395 g/mol. The largest absolute Gasteiger partial charge is 0.459 e. The number of methoxy groups -OCH3 is 1. The Kier molecular flexibility index (Phi) is 4.85. The van der Waals surface area contributed by atoms with Crippen molar-refractivity contribution in [3.8, 4) is 0 Å². The van der Waals surface area contributed by atoms with Crippen molar-refractivity contribution in [2.24, 2.45) is 5.92 Å². The highest BCUT2D eigenvalue weighted by Gasteiger charge is 2.47. The fourth-order valence-corrected chi connectivity index (χ4v) is 3.69. The molecule has 1 saturated heterocycles. The molecule has 6 heteroatoms. The second kappa shape index (κ2) is 6.75. The summed E-state index contributed by atoms with van der Waals surface area (Å²) in [6.07, 6.45) is 1.81. The molecule has 0 aromatic heterocycles. The van der Waals surface area contributed by atoms with Crippen molar-refractivity contribution in [2.75, 3.05) is 20.2 Å². The number of nitrogens with zero attached hydrogens (tertiary/aromatic N) is 1. The number of halogens is 1. The molecule has 1 aromatic carbocycles. The van der Waals surface area contributed by atoms with Crippen molar-refractivity contribution in [1.82, 2.24) is 4.90 Å². The van der Waals surface area contributed by atoms with Crippen molar-refractivity contribution in [1.29, 1.82) is 0 Å². The first-order chi connectivity index (χ1) is 11.4. The van der Waals surface area contributed by atoms with E-state index in [0.29, 0.717) is 25.9 Å². The van der Waals surface area contributed by atoms with Crippen LogP contribution in [-0.4, -0.2) is 42.8 Å². The minimum absolute atomic E-state index is 0.0465. The highest BCUT2D eigenvalue weighted by Crippen LogP contribution is 2.49. The second-order valence-corrected chi connectivity index (χ2v) is 7.75. The van der Waals surface area contributed by atoms with Crippen LogP contribution in [0.5, 0.6) is 0 Å². The summed E-state index contributed by atoms with van der Waals surface area (Å²) in [5.74, 6) is 0.0949. The van der Waals surface area contributed by atoms with Crippen LogP contribution in [0, 0.1) is 5.92 Å². The van der Waals surface area contributed by atoms with Crippen LogP contribution in [0.25, 0.3) is 0 Å². The first kappa shape index (κ1) is 17.3. The molecule has 130 valence electrons. The molecule has 1 aliphatic carbocycles. The molecule has 3 rings (SSSR count). The Hall–Kier alpha value is -1.56. The van der Waals surface area contributed by atoms with Gasteiger partial charge in [0.25, 0.3) is 0 Å². The first-order valence-electron chi connectivity index (χ1n) is 8.23. The molecular weight excluding hydrogens is 374 g/mol. The zero-order valence-electron chi connectivity index (χ0n) is 14.0. The van der Waals surface area contributed by atoms with Gasteiger partial charge in [-0.2, -0.15) is 0 Å². The summed E-state index contributed by atoms with van der Waals surface area (Å²) in [6, 6.07) is 8.09. The molecule has 2 atom stereocenters. The molecule has 1 aliphatic heterocycles. The van der Waals surface area contributed by atoms with E-state index in [2.05, 4.69) is 28.1 Å². The standard InChI is InChI=1S/C18H22BrNO4/c1-18(6-8-20(9-7-18)17(22)23-2)24-16(21)15-11-14(15)12-4-3-5-13(19)10-12/h3-5,10,14-15H,6-9,11H2,1-2H3/t14-,15-/m0/s1. The number of hydrogen-bond acceptors (Lipinski definition) is 4. The highest BCUT2D eigenvalue weighted by molar-refractivity contribution is 9.10. The summed E-state index contributed by atoms with van der Waals surface area (Å²) < 4.78 is 11.6. The van der Waals surface area contributed by atoms with Crippen molar-refractivity contribution >= 4 is 28.0 Å². The molecule has 1 aromatic rings. The predicted molar refractivity (Wildman–Crippen MR) is 92.7 cm³/mol. The normalized spacial score (nSPS) is 25.0. The number of ether oxygens (including phenoxy) is 2. The molecule has 0 N–H and O–H groups in total. The van der Waals surface area contributed by atoms with Gasteiger partial charge in [-0.05, 0) is 37.0 Å². The van der Waals surface area contributed by atoms with Crippen LogP contribution in [0.1, 0.15) is 37.7 Å². The smallest absolute Gasteiger partial charge is 0.409 e. The molecule has 1 heterocycles. The third-order valence-electron chi connectivity index (χ3n) is 4.97. The fourth-order valence-electron chi connectivity index (χ4n) is 3.27. The molecule has 24 heavy (non-hydrogen) atoms. The van der Waals surface area contributed by atoms with Crippen LogP contribution in [0.2, 0.25) is 0 Å². The molecule has 1 amide bonds. The minimum atomic E-state index is -0.494. The molecule has 2 fully saturated rings. The van der Waals surface area contributed by atoms with E-state index in [1.807, 2.05) is 19.1 Å². The zero-order valence-corrected chi connectivity index (χ0v) is 15.5. The number of benzene rings is 1. The highest BCUT2D eigenvalue weighted by atomic mass is 79.9. The number of hydrogen-bond donors (Lipinski definition) is 0. The van der Waals surface area contributed by atoms with E-state index in [-0.39, 0.29) is 23.9 Å². The molecule has 0 radical (unpaired) electrons. The van der Waals surface area contributed by atoms with Crippen molar-refractivity contribution in [3.05, 3.63) is 34.3 Å². The summed E-state index contributed by atoms with van der Waals surface area (Å²) in [4.78, 5) is 25.7. The Bertz CT molecular complexity index is 640. The van der Waals surface area contributed by atoms with Crippen molar-refractivity contribution < 1.29 is 19.1 Å². The Balaban J connectivity index is 1.54. The first-order valence-corrected chi connectivity index (χ1v) is 9.02. The second-order valence-electron chi connectivity index (χ2n) is 6.83. The van der Waals surface area contributed by atoms with E-state index in [1.165, 1.54) is 12.7 Å². The lowest BCUT2D eigenvalue weighted by atomic mass is 9.93. The third kappa shape index (κ3) is 3.74. The SMILES string of the molecule is COC(=O)N1CCC(C)(OC(=O)[C@H]2C[C@H]2c2cccc(Br)c2)CC1. The molecule has 1 saturated carbocycles. The van der Waals surface area contributed by atoms with Crippen molar-refractivity contribution in [3.63, 3.8) is 0 Å². The lowest BCUT2D eigenvalue weighted by molar-refractivity contribution is -0.163. The number of carbonyl (C=O) groups is 2. The quantitative estimate of drug-likeness (QED) is 0.731. The molecule has 2 aliphatic rings. The van der Waals surface area contributed by atoms with Gasteiger partial charge >= 0.3 is 12.1 Å². The van der Waals surface area contributed by atoms with Gasteiger partial charge < -0.3 is 14.4 Å². The van der Waals surface area contributed by atoms with E-state index < -0.39 is 5.60 Å². The molecule has 0 spiro atoms. The number of esters is 1. The van der Waals surface area contributed by atoms with Gasteiger partial charge in [-0.25, -0.2) is 4.79 Å². The van der Waals surface area contributed by atoms with E-state index in [9.17, 15) is 9.59 Å². The predicted octanol–water partition coefficient (Wildman–Crippen LogP) is 3.72. The number of piperidine rings is 1. The molecule has 0 unspecified atom stereocenters. The maximum Gasteiger partial charge on any atom is 0.409 e. The van der Waals surface area contributed by atoms with Crippen LogP contribution >= 0.6 is 15.9 Å². The van der Waals surface area contributed by atoms with Gasteiger partial charge in [0.05, 0.1) is 13.0 Å². The Morgan fingerprint density at radius 1 is 1.29 bits per heavy atom. The van der Waals surface area contributed by atoms with E-state index in [1.54, 1.807) is 4.90 Å². The molecular formula is C18H22BrNO4. The summed E-state index contributed by atoms with van der Waals surface area (Å²) in [7, 11) is 1.38. The summed E-state index contributed by atoms with van der Waals surface area (Å²) in [5.41, 5.74) is 0.684. The Morgan fingerprint density at radius 2 is 2.00 bits per heavy atom. The van der Waals surface area contributed by atoms with E-state index in [0.717, 1.165) is 10.9 Å². The fraction of sp³-hybridized carbons (Fsp3) is 0.556. The van der Waals surface area contributed by atoms with Gasteiger partial charge in [-0.3, -0.25) is 4.79 Å². The van der Waals surface area contributed by atoms with Gasteiger partial charge in [0.15, 0.2) is 0 Å². The van der Waals surface area contributed by atoms with Gasteiger partial charge in [0.1, 0.15) is 5.60 Å². The Labute approximate surface area is 150 Å². The number of carbonyl (C=O) groups excluding carboxylic acids is 2. The lowest BCUT2D eigenvalue weighted by Gasteiger charge is -2.38. The molecule has 5 nitrogen and oxygen atoms in total. The average molecular weight is 396 g/mol. The topological polar surface area (TPSA) is 55.8 Å². The lowest BCUT2D eigenvalue weighted by Crippen LogP contribution is -2.47. The van der Waals surface area contributed by atoms with Gasteiger partial charge in [0.2, 0.25) is 0 Å². The summed E-state index contributed by atoms with van der Waals surface area (Å²) >= 11 is 3.47. The van der Waals surface area contributed by atoms with E-state index >= 15 is 0 Å². The van der Waals surface area contributed by atoms with Gasteiger partial charge in [0, 0.05) is 30.4 Å². The summed E-state index contributed by atoms with van der Waals surface area (Å²) in [5, 5.41) is 0. The molecule has 0 bridgehead atoms. The van der Waals surface area contributed by atoms with E-state index in [4.69, 9.17) is 9.47 Å². The summed E-state index contributed by atoms with van der Waals surface area (Å²) in [6.45, 7) is 3.06. The number of likely N-dealkylation sites (tertiary alicyclic amines) is 1. The van der Waals surface area contributed by atoms with Crippen LogP contribution < -0.4 is 0 Å². The maximum atomic E-state index is 12.5. The number of amides is 1. The van der Waals surface area contributed by atoms with Crippen LogP contribution in [0.15, 0.2) is 28.7 Å². The maximum absolute atomic E-state index is 12.5. The average Bonchev–Trinajstić information content (AvgIpc) is 3.35. The van der Waals surface area contributed by atoms with Crippen LogP contribution in [0.3, 0.4) is 0 Å². The third-order valence-corrected chi connectivity index (χ3v) is 5.46. The van der Waals surface area contributed by atoms with Crippen molar-refractivity contribution in [2.45, 2.75) is 37.7 Å². The van der Waals surface area contributed by atoms with Crippen LogP contribution in [-0.2, 0) is 14.3 Å². The Morgan fingerprint density at radius 3 is 2.62 bits per heavy atom. The van der Waals surface area contributed by atoms with Crippen LogP contribution in [0.4, 0.5) is 4.79 Å².